The average Bonchev–Trinajstić information content (AvgIpc) is 3.74. The third kappa shape index (κ3) is 6.16. The smallest absolute Gasteiger partial charge is 0.481 e. The highest BCUT2D eigenvalue weighted by Crippen LogP contribution is 2.65. The molecule has 7 unspecified atom stereocenters. The van der Waals surface area contributed by atoms with Gasteiger partial charge in [0.1, 0.15) is 24.5 Å². The number of amides is 2. The Morgan fingerprint density at radius 3 is 2.45 bits per heavy atom. The van der Waals surface area contributed by atoms with Gasteiger partial charge in [0.2, 0.25) is 5.91 Å². The van der Waals surface area contributed by atoms with Crippen molar-refractivity contribution in [3.8, 4) is 17.0 Å². The number of hydrogen-bond acceptors (Lipinski definition) is 7. The van der Waals surface area contributed by atoms with Crippen molar-refractivity contribution >= 4 is 30.0 Å². The van der Waals surface area contributed by atoms with E-state index in [4.69, 9.17) is 23.8 Å². The molecule has 5 fully saturated rings. The van der Waals surface area contributed by atoms with Gasteiger partial charge in [0.05, 0.1) is 35.4 Å². The van der Waals surface area contributed by atoms with Crippen molar-refractivity contribution in [1.82, 2.24) is 15.2 Å². The summed E-state index contributed by atoms with van der Waals surface area (Å²) in [5.74, 6) is 1.05. The van der Waals surface area contributed by atoms with Crippen LogP contribution in [0.3, 0.4) is 0 Å². The summed E-state index contributed by atoms with van der Waals surface area (Å²) in [4.78, 5) is 34.4. The average molecular weight is 688 g/mol. The first-order chi connectivity index (χ1) is 24.6. The normalized spacial score (nSPS) is 28.1. The van der Waals surface area contributed by atoms with Crippen molar-refractivity contribution in [3.63, 3.8) is 0 Å². The second kappa shape index (κ2) is 13.3. The summed E-state index contributed by atoms with van der Waals surface area (Å²) >= 11 is 0. The van der Waals surface area contributed by atoms with Crippen LogP contribution in [0.4, 0.5) is 4.79 Å². The Bertz CT molecular complexity index is 1910. The van der Waals surface area contributed by atoms with Crippen LogP contribution < -0.4 is 10.1 Å². The molecule has 1 aromatic heterocycles. The Labute approximate surface area is 300 Å². The SMILES string of the molecule is CCC(NC(=O)C1CC(Oc2cc(-c3ccccc3)nc3ccccc23)CN1C(=O)OCc1ccccc1)B1OC2CC3CC(C3(C)C)C2(C)O1. The zero-order chi connectivity index (χ0) is 35.3. The van der Waals surface area contributed by atoms with Crippen LogP contribution >= 0.6 is 0 Å². The third-order valence-corrected chi connectivity index (χ3v) is 12.1. The highest BCUT2D eigenvalue weighted by atomic mass is 16.7. The van der Waals surface area contributed by atoms with Gasteiger partial charge in [-0.25, -0.2) is 9.78 Å². The molecule has 2 saturated heterocycles. The van der Waals surface area contributed by atoms with Gasteiger partial charge in [-0.15, -0.1) is 0 Å². The molecule has 51 heavy (non-hydrogen) atoms. The first-order valence-electron chi connectivity index (χ1n) is 18.4. The highest BCUT2D eigenvalue weighted by molar-refractivity contribution is 6.47. The van der Waals surface area contributed by atoms with E-state index in [0.717, 1.165) is 40.6 Å². The maximum atomic E-state index is 14.2. The molecular weight excluding hydrogens is 641 g/mol. The lowest BCUT2D eigenvalue weighted by Crippen LogP contribution is -2.65. The summed E-state index contributed by atoms with van der Waals surface area (Å²) in [6.07, 6.45) is 2.03. The molecule has 3 saturated carbocycles. The molecule has 2 aliphatic heterocycles. The van der Waals surface area contributed by atoms with E-state index in [0.29, 0.717) is 30.4 Å². The minimum Gasteiger partial charge on any atom is -0.488 e. The molecule has 3 heterocycles. The van der Waals surface area contributed by atoms with Gasteiger partial charge in [-0.3, -0.25) is 9.69 Å². The molecule has 9 nitrogen and oxygen atoms in total. The van der Waals surface area contributed by atoms with E-state index >= 15 is 0 Å². The zero-order valence-electron chi connectivity index (χ0n) is 29.8. The second-order valence-corrected chi connectivity index (χ2v) is 15.4. The Morgan fingerprint density at radius 2 is 1.71 bits per heavy atom. The Hall–Kier alpha value is -4.41. The van der Waals surface area contributed by atoms with E-state index < -0.39 is 25.4 Å². The first-order valence-corrected chi connectivity index (χ1v) is 18.4. The van der Waals surface area contributed by atoms with E-state index in [-0.39, 0.29) is 42.1 Å². The third-order valence-electron chi connectivity index (χ3n) is 12.1. The number of carbonyl (C=O) groups is 2. The number of para-hydroxylation sites is 1. The maximum Gasteiger partial charge on any atom is 0.481 e. The van der Waals surface area contributed by atoms with Crippen LogP contribution in [-0.2, 0) is 25.4 Å². The monoisotopic (exact) mass is 687 g/mol. The van der Waals surface area contributed by atoms with Crippen LogP contribution in [0.25, 0.3) is 22.2 Å². The molecule has 2 bridgehead atoms. The van der Waals surface area contributed by atoms with Gasteiger partial charge in [-0.1, -0.05) is 93.6 Å². The lowest BCUT2D eigenvalue weighted by Gasteiger charge is -2.64. The summed E-state index contributed by atoms with van der Waals surface area (Å²) < 4.78 is 25.8. The number of rotatable bonds is 9. The zero-order valence-corrected chi connectivity index (χ0v) is 29.8. The first kappa shape index (κ1) is 33.7. The van der Waals surface area contributed by atoms with Crippen molar-refractivity contribution in [2.45, 2.75) is 89.8 Å². The number of carbonyl (C=O) groups excluding carboxylic acids is 2. The fourth-order valence-electron chi connectivity index (χ4n) is 9.03. The van der Waals surface area contributed by atoms with Crippen LogP contribution in [0.15, 0.2) is 91.0 Å². The minimum absolute atomic E-state index is 0.00918. The van der Waals surface area contributed by atoms with E-state index in [2.05, 4.69) is 26.1 Å². The number of hydrogen-bond donors (Lipinski definition) is 1. The molecule has 3 aliphatic carbocycles. The van der Waals surface area contributed by atoms with Crippen LogP contribution in [0, 0.1) is 17.3 Å². The fourth-order valence-corrected chi connectivity index (χ4v) is 9.03. The molecular formula is C41H46BN3O6. The molecule has 0 spiro atoms. The van der Waals surface area contributed by atoms with Gasteiger partial charge in [0.25, 0.3) is 0 Å². The summed E-state index contributed by atoms with van der Waals surface area (Å²) in [7, 11) is -0.560. The van der Waals surface area contributed by atoms with Gasteiger partial charge < -0.3 is 24.1 Å². The van der Waals surface area contributed by atoms with Crippen molar-refractivity contribution < 1.29 is 28.4 Å². The van der Waals surface area contributed by atoms with Gasteiger partial charge in [0.15, 0.2) is 0 Å². The van der Waals surface area contributed by atoms with Gasteiger partial charge >= 0.3 is 13.2 Å². The number of nitrogens with zero attached hydrogens (tertiary/aromatic N) is 2. The van der Waals surface area contributed by atoms with Crippen LogP contribution in [-0.4, -0.2) is 65.3 Å². The van der Waals surface area contributed by atoms with Crippen molar-refractivity contribution in [2.24, 2.45) is 17.3 Å². The fraction of sp³-hybridized carbons (Fsp3) is 0.439. The van der Waals surface area contributed by atoms with Crippen molar-refractivity contribution in [1.29, 1.82) is 0 Å². The number of nitrogens with one attached hydrogen (secondary N) is 1. The van der Waals surface area contributed by atoms with Gasteiger partial charge in [0, 0.05) is 23.4 Å². The number of likely N-dealkylation sites (tertiary alicyclic amines) is 1. The summed E-state index contributed by atoms with van der Waals surface area (Å²) in [6.45, 7) is 9.18. The maximum absolute atomic E-state index is 14.2. The topological polar surface area (TPSA) is 99.2 Å². The standard InChI is InChI=1S/C41H46BN3O6/c1-5-37(42-50-36-21-28-20-35(40(28,2)3)41(36,4)51-42)44-38(46)33-22-29(24-45(33)39(47)48-25-26-14-8-6-9-15-26)49-34-23-32(27-16-10-7-11-17-27)43-31-19-13-12-18-30(31)34/h6-19,23,28-29,33,35-37H,5,20-22,24-25H2,1-4H3,(H,44,46). The number of aromatic nitrogens is 1. The van der Waals surface area contributed by atoms with Gasteiger partial charge in [-0.05, 0) is 61.1 Å². The van der Waals surface area contributed by atoms with Crippen molar-refractivity contribution in [3.05, 3.63) is 96.6 Å². The largest absolute Gasteiger partial charge is 0.488 e. The summed E-state index contributed by atoms with van der Waals surface area (Å²) in [5, 5.41) is 4.09. The molecule has 264 valence electrons. The van der Waals surface area contributed by atoms with E-state index in [9.17, 15) is 9.59 Å². The van der Waals surface area contributed by atoms with Crippen LogP contribution in [0.1, 0.15) is 58.9 Å². The number of fused-ring (bicyclic) bond motifs is 1. The number of pyridine rings is 1. The molecule has 3 aromatic carbocycles. The molecule has 7 atom stereocenters. The second-order valence-electron chi connectivity index (χ2n) is 15.4. The van der Waals surface area contributed by atoms with Crippen LogP contribution in [0.5, 0.6) is 5.75 Å². The number of benzene rings is 3. The lowest BCUT2D eigenvalue weighted by atomic mass is 9.43. The summed E-state index contributed by atoms with van der Waals surface area (Å²) in [5.41, 5.74) is 3.26. The lowest BCUT2D eigenvalue weighted by molar-refractivity contribution is -0.199. The quantitative estimate of drug-likeness (QED) is 0.186. The Kier molecular flexibility index (Phi) is 8.79. The summed E-state index contributed by atoms with van der Waals surface area (Å²) in [6, 6.07) is 28.5. The highest BCUT2D eigenvalue weighted by Gasteiger charge is 2.68. The molecule has 10 heteroatoms. The molecule has 1 N–H and O–H groups in total. The minimum atomic E-state index is -0.806. The van der Waals surface area contributed by atoms with Gasteiger partial charge in [-0.2, -0.15) is 0 Å². The predicted octanol–water partition coefficient (Wildman–Crippen LogP) is 7.22. The Balaban J connectivity index is 1.03. The molecule has 5 aliphatic rings. The predicted molar refractivity (Wildman–Crippen MR) is 196 cm³/mol. The van der Waals surface area contributed by atoms with E-state index in [1.165, 1.54) is 4.90 Å². The van der Waals surface area contributed by atoms with Crippen LogP contribution in [0.2, 0.25) is 0 Å². The molecule has 0 radical (unpaired) electrons. The molecule has 4 aromatic rings. The molecule has 9 rings (SSSR count). The van der Waals surface area contributed by atoms with E-state index in [1.807, 2.05) is 97.9 Å². The van der Waals surface area contributed by atoms with E-state index in [1.54, 1.807) is 0 Å². The Morgan fingerprint density at radius 1 is 0.980 bits per heavy atom. The molecule has 2 amide bonds. The number of ether oxygens (including phenoxy) is 2. The van der Waals surface area contributed by atoms with Crippen molar-refractivity contribution in [2.75, 3.05) is 6.54 Å².